The number of carbonyl (C=O) groups is 1. The van der Waals surface area contributed by atoms with Crippen LogP contribution in [-0.2, 0) is 11.2 Å². The molecule has 92 valence electrons. The van der Waals surface area contributed by atoms with E-state index >= 15 is 0 Å². The SMILES string of the molecule is CCCNCCNC(=O)Cc1ccsc1.Cl. The molecule has 1 amide bonds. The van der Waals surface area contributed by atoms with Gasteiger partial charge in [0.1, 0.15) is 0 Å². The van der Waals surface area contributed by atoms with Gasteiger partial charge in [-0.2, -0.15) is 11.3 Å². The summed E-state index contributed by atoms with van der Waals surface area (Å²) >= 11 is 1.62. The highest BCUT2D eigenvalue weighted by atomic mass is 35.5. The molecule has 0 spiro atoms. The Morgan fingerprint density at radius 1 is 1.38 bits per heavy atom. The Bertz CT molecular complexity index is 278. The third kappa shape index (κ3) is 6.82. The molecule has 0 radical (unpaired) electrons. The minimum absolute atomic E-state index is 0. The van der Waals surface area contributed by atoms with Crippen LogP contribution in [0.3, 0.4) is 0 Å². The van der Waals surface area contributed by atoms with Crippen LogP contribution in [0.1, 0.15) is 18.9 Å². The molecular weight excluding hydrogens is 244 g/mol. The van der Waals surface area contributed by atoms with E-state index in [1.54, 1.807) is 11.3 Å². The van der Waals surface area contributed by atoms with E-state index in [1.807, 2.05) is 16.8 Å². The second kappa shape index (κ2) is 9.63. The predicted octanol–water partition coefficient (Wildman–Crippen LogP) is 1.83. The predicted molar refractivity (Wildman–Crippen MR) is 71.4 cm³/mol. The van der Waals surface area contributed by atoms with Crippen molar-refractivity contribution in [1.82, 2.24) is 10.6 Å². The van der Waals surface area contributed by atoms with Crippen LogP contribution in [0.15, 0.2) is 16.8 Å². The van der Waals surface area contributed by atoms with Gasteiger partial charge in [0.15, 0.2) is 0 Å². The van der Waals surface area contributed by atoms with Crippen LogP contribution in [0.25, 0.3) is 0 Å². The van der Waals surface area contributed by atoms with Gasteiger partial charge in [0, 0.05) is 13.1 Å². The van der Waals surface area contributed by atoms with Crippen molar-refractivity contribution in [1.29, 1.82) is 0 Å². The molecule has 0 fully saturated rings. The summed E-state index contributed by atoms with van der Waals surface area (Å²) in [6.45, 7) is 4.70. The molecule has 1 heterocycles. The van der Waals surface area contributed by atoms with Gasteiger partial charge in [0.2, 0.25) is 5.91 Å². The van der Waals surface area contributed by atoms with Gasteiger partial charge in [-0.15, -0.1) is 12.4 Å². The third-order valence-corrected chi connectivity index (χ3v) is 2.73. The smallest absolute Gasteiger partial charge is 0.224 e. The highest BCUT2D eigenvalue weighted by Crippen LogP contribution is 2.05. The summed E-state index contributed by atoms with van der Waals surface area (Å²) in [6.07, 6.45) is 1.63. The maximum absolute atomic E-state index is 11.4. The lowest BCUT2D eigenvalue weighted by atomic mass is 10.2. The van der Waals surface area contributed by atoms with Gasteiger partial charge in [0.25, 0.3) is 0 Å². The molecule has 16 heavy (non-hydrogen) atoms. The fourth-order valence-corrected chi connectivity index (χ4v) is 1.90. The first kappa shape index (κ1) is 15.4. The number of hydrogen-bond donors (Lipinski definition) is 2. The highest BCUT2D eigenvalue weighted by molar-refractivity contribution is 7.07. The van der Waals surface area contributed by atoms with E-state index in [9.17, 15) is 4.79 Å². The standard InChI is InChI=1S/C11H18N2OS.ClH/c1-2-4-12-5-6-13-11(14)8-10-3-7-15-9-10;/h3,7,9,12H,2,4-6,8H2,1H3,(H,13,14);1H. The number of amides is 1. The monoisotopic (exact) mass is 262 g/mol. The van der Waals surface area contributed by atoms with E-state index in [0.717, 1.165) is 25.1 Å². The maximum atomic E-state index is 11.4. The normalized spacial score (nSPS) is 9.56. The maximum Gasteiger partial charge on any atom is 0.224 e. The first-order valence-corrected chi connectivity index (χ1v) is 6.25. The van der Waals surface area contributed by atoms with Gasteiger partial charge >= 0.3 is 0 Å². The average molecular weight is 263 g/mol. The summed E-state index contributed by atoms with van der Waals surface area (Å²) in [5, 5.41) is 10.1. The first-order chi connectivity index (χ1) is 7.33. The van der Waals surface area contributed by atoms with Crippen molar-refractivity contribution in [2.45, 2.75) is 19.8 Å². The van der Waals surface area contributed by atoms with Crippen molar-refractivity contribution >= 4 is 29.7 Å². The van der Waals surface area contributed by atoms with Crippen molar-refractivity contribution in [2.24, 2.45) is 0 Å². The molecule has 0 aromatic carbocycles. The van der Waals surface area contributed by atoms with Crippen molar-refractivity contribution < 1.29 is 4.79 Å². The Hall–Kier alpha value is -0.580. The average Bonchev–Trinajstić information content (AvgIpc) is 2.70. The van der Waals surface area contributed by atoms with E-state index < -0.39 is 0 Å². The highest BCUT2D eigenvalue weighted by Gasteiger charge is 2.01. The molecule has 1 rings (SSSR count). The Morgan fingerprint density at radius 2 is 2.19 bits per heavy atom. The van der Waals surface area contributed by atoms with Crippen molar-refractivity contribution in [3.8, 4) is 0 Å². The molecule has 5 heteroatoms. The molecule has 0 bridgehead atoms. The zero-order chi connectivity index (χ0) is 10.9. The molecule has 0 aliphatic rings. The van der Waals surface area contributed by atoms with Crippen LogP contribution >= 0.6 is 23.7 Å². The zero-order valence-electron chi connectivity index (χ0n) is 9.49. The van der Waals surface area contributed by atoms with Crippen molar-refractivity contribution in [3.05, 3.63) is 22.4 Å². The number of hydrogen-bond acceptors (Lipinski definition) is 3. The molecule has 1 aromatic rings. The van der Waals surface area contributed by atoms with Crippen molar-refractivity contribution in [2.75, 3.05) is 19.6 Å². The molecule has 0 saturated carbocycles. The van der Waals surface area contributed by atoms with E-state index in [-0.39, 0.29) is 18.3 Å². The number of nitrogens with one attached hydrogen (secondary N) is 2. The molecule has 0 saturated heterocycles. The summed E-state index contributed by atoms with van der Waals surface area (Å²) in [5.41, 5.74) is 1.10. The zero-order valence-corrected chi connectivity index (χ0v) is 11.1. The quantitative estimate of drug-likeness (QED) is 0.736. The summed E-state index contributed by atoms with van der Waals surface area (Å²) in [4.78, 5) is 11.4. The van der Waals surface area contributed by atoms with Gasteiger partial charge in [0.05, 0.1) is 6.42 Å². The lowest BCUT2D eigenvalue weighted by Crippen LogP contribution is -2.32. The van der Waals surface area contributed by atoms with Crippen LogP contribution in [0, 0.1) is 0 Å². The molecule has 0 atom stereocenters. The Morgan fingerprint density at radius 3 is 2.81 bits per heavy atom. The molecule has 0 unspecified atom stereocenters. The van der Waals surface area contributed by atoms with E-state index in [2.05, 4.69) is 17.6 Å². The van der Waals surface area contributed by atoms with Gasteiger partial charge in [-0.1, -0.05) is 6.92 Å². The fourth-order valence-electron chi connectivity index (χ4n) is 1.23. The molecule has 0 aliphatic heterocycles. The number of carbonyl (C=O) groups excluding carboxylic acids is 1. The Balaban J connectivity index is 0.00000225. The topological polar surface area (TPSA) is 41.1 Å². The fraction of sp³-hybridized carbons (Fsp3) is 0.545. The van der Waals surface area contributed by atoms with E-state index in [1.165, 1.54) is 0 Å². The van der Waals surface area contributed by atoms with E-state index in [0.29, 0.717) is 13.0 Å². The van der Waals surface area contributed by atoms with E-state index in [4.69, 9.17) is 0 Å². The molecule has 0 aliphatic carbocycles. The minimum atomic E-state index is 0. The van der Waals surface area contributed by atoms with Crippen LogP contribution in [0.2, 0.25) is 0 Å². The van der Waals surface area contributed by atoms with Crippen molar-refractivity contribution in [3.63, 3.8) is 0 Å². The number of thiophene rings is 1. The second-order valence-corrected chi connectivity index (χ2v) is 4.19. The molecule has 3 nitrogen and oxygen atoms in total. The summed E-state index contributed by atoms with van der Waals surface area (Å²) in [5.74, 6) is 0.103. The minimum Gasteiger partial charge on any atom is -0.355 e. The molecule has 2 N–H and O–H groups in total. The van der Waals surface area contributed by atoms with Crippen LogP contribution in [0.5, 0.6) is 0 Å². The van der Waals surface area contributed by atoms with Gasteiger partial charge in [-0.05, 0) is 35.4 Å². The van der Waals surface area contributed by atoms with Crippen LogP contribution < -0.4 is 10.6 Å². The third-order valence-electron chi connectivity index (χ3n) is 2.00. The van der Waals surface area contributed by atoms with Crippen LogP contribution in [-0.4, -0.2) is 25.5 Å². The lowest BCUT2D eigenvalue weighted by Gasteiger charge is -2.05. The Labute approximate surface area is 107 Å². The van der Waals surface area contributed by atoms with Gasteiger partial charge < -0.3 is 10.6 Å². The van der Waals surface area contributed by atoms with Crippen LogP contribution in [0.4, 0.5) is 0 Å². The first-order valence-electron chi connectivity index (χ1n) is 5.31. The number of rotatable bonds is 7. The molecular formula is C11H19ClN2OS. The summed E-state index contributed by atoms with van der Waals surface area (Å²) < 4.78 is 0. The summed E-state index contributed by atoms with van der Waals surface area (Å²) in [7, 11) is 0. The van der Waals surface area contributed by atoms with Gasteiger partial charge in [-0.25, -0.2) is 0 Å². The molecule has 1 aromatic heterocycles. The Kier molecular flexibility index (Phi) is 9.28. The van der Waals surface area contributed by atoms with Gasteiger partial charge in [-0.3, -0.25) is 4.79 Å². The largest absolute Gasteiger partial charge is 0.355 e. The number of halogens is 1. The summed E-state index contributed by atoms with van der Waals surface area (Å²) in [6, 6.07) is 1.99. The second-order valence-electron chi connectivity index (χ2n) is 3.41. The lowest BCUT2D eigenvalue weighted by molar-refractivity contribution is -0.120.